The van der Waals surface area contributed by atoms with Crippen molar-refractivity contribution in [2.24, 2.45) is 0 Å². The van der Waals surface area contributed by atoms with Crippen LogP contribution in [-0.2, 0) is 6.42 Å². The number of amides is 1. The van der Waals surface area contributed by atoms with Crippen molar-refractivity contribution in [3.8, 4) is 17.1 Å². The average molecular weight is 340 g/mol. The number of carbonyl (C=O) groups is 1. The second-order valence-electron chi connectivity index (χ2n) is 5.79. The summed E-state index contributed by atoms with van der Waals surface area (Å²) >= 11 is 0. The van der Waals surface area contributed by atoms with E-state index in [1.165, 1.54) is 0 Å². The van der Waals surface area contributed by atoms with Crippen LogP contribution in [0.4, 0.5) is 0 Å². The number of fused-ring (bicyclic) bond motifs is 1. The van der Waals surface area contributed by atoms with Gasteiger partial charge in [-0.1, -0.05) is 29.4 Å². The quantitative estimate of drug-likeness (QED) is 0.778. The fraction of sp³-hybridized carbons (Fsp3) is 0.294. The number of hydrogen-bond acceptors (Lipinski definition) is 7. The minimum absolute atomic E-state index is 0.182. The first-order valence-electron chi connectivity index (χ1n) is 7.98. The normalized spacial score (nSPS) is 15.7. The zero-order valence-corrected chi connectivity index (χ0v) is 13.8. The summed E-state index contributed by atoms with van der Waals surface area (Å²) in [7, 11) is 0. The maximum atomic E-state index is 12.2. The number of nitrogens with one attached hydrogen (secondary N) is 1. The molecule has 0 fully saturated rings. The van der Waals surface area contributed by atoms with Gasteiger partial charge < -0.3 is 19.1 Å². The molecule has 1 N–H and O–H groups in total. The van der Waals surface area contributed by atoms with E-state index in [1.54, 1.807) is 13.0 Å². The van der Waals surface area contributed by atoms with E-state index in [1.807, 2.05) is 25.1 Å². The van der Waals surface area contributed by atoms with Gasteiger partial charge in [0.15, 0.2) is 0 Å². The van der Waals surface area contributed by atoms with Crippen LogP contribution in [0.25, 0.3) is 11.4 Å². The Bertz CT molecular complexity index is 930. The standard InChI is InChI=1S/C17H16N4O4/c1-3-15-19-16(21-25-15)10-4-5-11-12(8-23-13(11)7-10)18-17(22)14-6-9(2)20-24-14/h4-7,12H,3,8H2,1-2H3,(H,18,22). The van der Waals surface area contributed by atoms with Gasteiger partial charge in [0.25, 0.3) is 5.91 Å². The fourth-order valence-corrected chi connectivity index (χ4v) is 2.68. The van der Waals surface area contributed by atoms with Gasteiger partial charge >= 0.3 is 0 Å². The van der Waals surface area contributed by atoms with Crippen LogP contribution >= 0.6 is 0 Å². The Labute approximate surface area is 143 Å². The third-order valence-electron chi connectivity index (χ3n) is 3.98. The monoisotopic (exact) mass is 340 g/mol. The van der Waals surface area contributed by atoms with Crippen LogP contribution in [-0.4, -0.2) is 27.8 Å². The molecular weight excluding hydrogens is 324 g/mol. The third kappa shape index (κ3) is 2.86. The van der Waals surface area contributed by atoms with Crippen molar-refractivity contribution < 1.29 is 18.6 Å². The number of benzene rings is 1. The SMILES string of the molecule is CCc1nc(-c2ccc3c(c2)OCC3NC(=O)c2cc(C)no2)no1. The highest BCUT2D eigenvalue weighted by Gasteiger charge is 2.28. The largest absolute Gasteiger partial charge is 0.491 e. The highest BCUT2D eigenvalue weighted by molar-refractivity contribution is 5.91. The smallest absolute Gasteiger partial charge is 0.290 e. The Morgan fingerprint density at radius 2 is 2.16 bits per heavy atom. The predicted molar refractivity (Wildman–Crippen MR) is 86.1 cm³/mol. The van der Waals surface area contributed by atoms with Gasteiger partial charge in [-0.05, 0) is 13.0 Å². The first-order chi connectivity index (χ1) is 12.1. The lowest BCUT2D eigenvalue weighted by molar-refractivity contribution is 0.0893. The van der Waals surface area contributed by atoms with E-state index < -0.39 is 0 Å². The molecule has 1 aliphatic rings. The van der Waals surface area contributed by atoms with E-state index >= 15 is 0 Å². The molecule has 0 aliphatic carbocycles. The molecule has 25 heavy (non-hydrogen) atoms. The summed E-state index contributed by atoms with van der Waals surface area (Å²) in [6.45, 7) is 4.06. The number of ether oxygens (including phenoxy) is 1. The lowest BCUT2D eigenvalue weighted by Crippen LogP contribution is -2.29. The molecule has 1 atom stereocenters. The molecule has 0 saturated heterocycles. The van der Waals surface area contributed by atoms with Crippen molar-refractivity contribution in [2.45, 2.75) is 26.3 Å². The zero-order chi connectivity index (χ0) is 17.4. The van der Waals surface area contributed by atoms with Gasteiger partial charge in [-0.2, -0.15) is 4.98 Å². The topological polar surface area (TPSA) is 103 Å². The first kappa shape index (κ1) is 15.4. The van der Waals surface area contributed by atoms with Gasteiger partial charge in [0, 0.05) is 23.6 Å². The molecule has 2 aromatic heterocycles. The number of rotatable bonds is 4. The highest BCUT2D eigenvalue weighted by atomic mass is 16.5. The molecule has 8 heteroatoms. The van der Waals surface area contributed by atoms with E-state index in [0.29, 0.717) is 36.2 Å². The Balaban J connectivity index is 1.54. The minimum Gasteiger partial charge on any atom is -0.491 e. The highest BCUT2D eigenvalue weighted by Crippen LogP contribution is 2.35. The Kier molecular flexibility index (Phi) is 3.72. The molecule has 0 saturated carbocycles. The molecule has 1 aromatic carbocycles. The summed E-state index contributed by atoms with van der Waals surface area (Å²) in [5.74, 6) is 1.66. The number of nitrogens with zero attached hydrogens (tertiary/aromatic N) is 3. The lowest BCUT2D eigenvalue weighted by atomic mass is 10.1. The summed E-state index contributed by atoms with van der Waals surface area (Å²) < 4.78 is 15.8. The molecule has 0 bridgehead atoms. The lowest BCUT2D eigenvalue weighted by Gasteiger charge is -2.10. The summed E-state index contributed by atoms with van der Waals surface area (Å²) in [4.78, 5) is 16.5. The van der Waals surface area contributed by atoms with Gasteiger partial charge in [0.2, 0.25) is 17.5 Å². The molecule has 3 aromatic rings. The van der Waals surface area contributed by atoms with Crippen LogP contribution in [0, 0.1) is 6.92 Å². The Morgan fingerprint density at radius 3 is 2.88 bits per heavy atom. The Hall–Kier alpha value is -3.16. The van der Waals surface area contributed by atoms with Crippen LogP contribution in [0.3, 0.4) is 0 Å². The summed E-state index contributed by atoms with van der Waals surface area (Å²) in [5, 5.41) is 10.6. The maximum absolute atomic E-state index is 12.2. The Morgan fingerprint density at radius 1 is 1.28 bits per heavy atom. The van der Waals surface area contributed by atoms with Crippen LogP contribution in [0.5, 0.6) is 5.75 Å². The van der Waals surface area contributed by atoms with E-state index in [0.717, 1.165) is 11.1 Å². The molecular formula is C17H16N4O4. The van der Waals surface area contributed by atoms with Gasteiger partial charge in [0.05, 0.1) is 11.7 Å². The van der Waals surface area contributed by atoms with Crippen LogP contribution in [0.15, 0.2) is 33.3 Å². The molecule has 3 heterocycles. The summed E-state index contributed by atoms with van der Waals surface area (Å²) in [6.07, 6.45) is 0.684. The van der Waals surface area contributed by atoms with Gasteiger partial charge in [-0.15, -0.1) is 0 Å². The molecule has 1 unspecified atom stereocenters. The average Bonchev–Trinajstić information content (AvgIpc) is 3.34. The summed E-state index contributed by atoms with van der Waals surface area (Å²) in [6, 6.07) is 6.98. The van der Waals surface area contributed by atoms with Gasteiger partial charge in [-0.25, -0.2) is 0 Å². The number of aromatic nitrogens is 3. The van der Waals surface area contributed by atoms with E-state index in [2.05, 4.69) is 20.6 Å². The molecule has 8 nitrogen and oxygen atoms in total. The van der Waals surface area contributed by atoms with E-state index in [-0.39, 0.29) is 17.7 Å². The number of aryl methyl sites for hydroxylation is 2. The second kappa shape index (κ2) is 6.04. The molecule has 0 spiro atoms. The third-order valence-corrected chi connectivity index (χ3v) is 3.98. The molecule has 128 valence electrons. The van der Waals surface area contributed by atoms with Gasteiger partial charge in [-0.3, -0.25) is 4.79 Å². The van der Waals surface area contributed by atoms with Crippen molar-refractivity contribution in [3.05, 3.63) is 47.2 Å². The van der Waals surface area contributed by atoms with Crippen molar-refractivity contribution in [3.63, 3.8) is 0 Å². The summed E-state index contributed by atoms with van der Waals surface area (Å²) in [5.41, 5.74) is 2.36. The van der Waals surface area contributed by atoms with Crippen LogP contribution in [0.2, 0.25) is 0 Å². The predicted octanol–water partition coefficient (Wildman–Crippen LogP) is 2.46. The molecule has 0 radical (unpaired) electrons. The zero-order valence-electron chi connectivity index (χ0n) is 13.8. The van der Waals surface area contributed by atoms with Crippen LogP contribution < -0.4 is 10.1 Å². The van der Waals surface area contributed by atoms with E-state index in [9.17, 15) is 4.79 Å². The maximum Gasteiger partial charge on any atom is 0.290 e. The first-order valence-corrected chi connectivity index (χ1v) is 7.98. The van der Waals surface area contributed by atoms with Crippen molar-refractivity contribution in [1.82, 2.24) is 20.6 Å². The second-order valence-corrected chi connectivity index (χ2v) is 5.79. The minimum atomic E-state index is -0.322. The van der Waals surface area contributed by atoms with E-state index in [4.69, 9.17) is 13.8 Å². The van der Waals surface area contributed by atoms with Crippen molar-refractivity contribution in [2.75, 3.05) is 6.61 Å². The fourth-order valence-electron chi connectivity index (χ4n) is 2.68. The van der Waals surface area contributed by atoms with Crippen LogP contribution in [0.1, 0.15) is 40.7 Å². The van der Waals surface area contributed by atoms with Crippen molar-refractivity contribution >= 4 is 5.91 Å². The van der Waals surface area contributed by atoms with Gasteiger partial charge in [0.1, 0.15) is 12.4 Å². The number of carbonyl (C=O) groups excluding carboxylic acids is 1. The van der Waals surface area contributed by atoms with Crippen molar-refractivity contribution in [1.29, 1.82) is 0 Å². The molecule has 1 amide bonds. The number of hydrogen-bond donors (Lipinski definition) is 1. The molecule has 4 rings (SSSR count). The molecule has 1 aliphatic heterocycles.